The number of nitrogens with two attached hydrogens (primary N) is 1. The van der Waals surface area contributed by atoms with Crippen LogP contribution in [0.2, 0.25) is 5.02 Å². The lowest BCUT2D eigenvalue weighted by atomic mass is 10.1. The van der Waals surface area contributed by atoms with Crippen LogP contribution in [0.5, 0.6) is 11.5 Å². The van der Waals surface area contributed by atoms with Gasteiger partial charge in [0.05, 0.1) is 25.6 Å². The number of ether oxygens (including phenoxy) is 2. The summed E-state index contributed by atoms with van der Waals surface area (Å²) in [5.41, 5.74) is 9.28. The number of hydrogen-bond acceptors (Lipinski definition) is 7. The van der Waals surface area contributed by atoms with Crippen LogP contribution in [0.4, 0.5) is 5.82 Å². The van der Waals surface area contributed by atoms with Crippen molar-refractivity contribution in [3.63, 3.8) is 0 Å². The number of benzene rings is 2. The second-order valence-electron chi connectivity index (χ2n) is 5.82. The van der Waals surface area contributed by atoms with E-state index < -0.39 is 0 Å². The molecule has 2 heterocycles. The first kappa shape index (κ1) is 18.3. The molecule has 0 spiro atoms. The number of anilines is 1. The topological polar surface area (TPSA) is 88.1 Å². The third-order valence-electron chi connectivity index (χ3n) is 4.16. The van der Waals surface area contributed by atoms with E-state index in [2.05, 4.69) is 15.3 Å². The van der Waals surface area contributed by atoms with E-state index >= 15 is 0 Å². The van der Waals surface area contributed by atoms with Crippen LogP contribution in [0.25, 0.3) is 27.6 Å². The van der Waals surface area contributed by atoms with E-state index in [9.17, 15) is 0 Å². The fraction of sp³-hybridized carbons (Fsp3) is 0.105. The fourth-order valence-corrected chi connectivity index (χ4v) is 3.67. The molecule has 2 N–H and O–H groups in total. The number of nitrogens with zero attached hydrogens (tertiary/aromatic N) is 4. The van der Waals surface area contributed by atoms with E-state index in [0.29, 0.717) is 33.0 Å². The third-order valence-corrected chi connectivity index (χ3v) is 5.26. The molecular formula is C19H16ClN5O2S. The van der Waals surface area contributed by atoms with Crippen molar-refractivity contribution >= 4 is 28.8 Å². The van der Waals surface area contributed by atoms with Gasteiger partial charge in [0, 0.05) is 16.0 Å². The van der Waals surface area contributed by atoms with Crippen molar-refractivity contribution in [3.8, 4) is 39.1 Å². The first-order valence-electron chi connectivity index (χ1n) is 8.26. The molecular weight excluding hydrogens is 398 g/mol. The highest BCUT2D eigenvalue weighted by Gasteiger charge is 2.17. The number of halogens is 1. The zero-order chi connectivity index (χ0) is 19.7. The van der Waals surface area contributed by atoms with Gasteiger partial charge in [0.2, 0.25) is 0 Å². The molecule has 4 aromatic rings. The number of rotatable bonds is 5. The molecule has 2 aromatic carbocycles. The lowest BCUT2D eigenvalue weighted by Crippen LogP contribution is -2.02. The van der Waals surface area contributed by atoms with Gasteiger partial charge in [-0.25, -0.2) is 4.98 Å². The van der Waals surface area contributed by atoms with E-state index in [0.717, 1.165) is 16.9 Å². The monoisotopic (exact) mass is 413 g/mol. The maximum atomic E-state index is 6.27. The van der Waals surface area contributed by atoms with Crippen LogP contribution in [0.1, 0.15) is 0 Å². The molecule has 4 rings (SSSR count). The van der Waals surface area contributed by atoms with Gasteiger partial charge in [-0.2, -0.15) is 4.68 Å². The lowest BCUT2D eigenvalue weighted by molar-refractivity contribution is 0.355. The van der Waals surface area contributed by atoms with Gasteiger partial charge in [-0.1, -0.05) is 16.8 Å². The van der Waals surface area contributed by atoms with Crippen LogP contribution < -0.4 is 15.2 Å². The van der Waals surface area contributed by atoms with E-state index in [-0.39, 0.29) is 0 Å². The van der Waals surface area contributed by atoms with Gasteiger partial charge < -0.3 is 15.2 Å². The van der Waals surface area contributed by atoms with Gasteiger partial charge in [0.1, 0.15) is 5.01 Å². The zero-order valence-corrected chi connectivity index (χ0v) is 16.7. The molecule has 7 nitrogen and oxygen atoms in total. The first-order valence-corrected chi connectivity index (χ1v) is 9.52. The highest BCUT2D eigenvalue weighted by molar-refractivity contribution is 7.13. The predicted molar refractivity (Wildman–Crippen MR) is 110 cm³/mol. The molecule has 0 atom stereocenters. The van der Waals surface area contributed by atoms with Crippen LogP contribution in [0.15, 0.2) is 47.8 Å². The quantitative estimate of drug-likeness (QED) is 0.524. The molecule has 0 aliphatic rings. The minimum Gasteiger partial charge on any atom is -0.493 e. The summed E-state index contributed by atoms with van der Waals surface area (Å²) in [6.45, 7) is 0. The molecule has 0 radical (unpaired) electrons. The number of aromatic nitrogens is 4. The van der Waals surface area contributed by atoms with Crippen molar-refractivity contribution in [3.05, 3.63) is 52.9 Å². The van der Waals surface area contributed by atoms with Gasteiger partial charge in [0.15, 0.2) is 23.0 Å². The standard InChI is InChI=1S/C19H16ClN5O2S/c1-26-15-8-3-11(9-16(15)27-2)14-10-28-19(22-14)17-18(21)25(24-23-17)13-6-4-12(20)5-7-13/h3-10H,21H2,1-2H3. The van der Waals surface area contributed by atoms with E-state index in [1.165, 1.54) is 11.3 Å². The fourth-order valence-electron chi connectivity index (χ4n) is 2.73. The van der Waals surface area contributed by atoms with Gasteiger partial charge in [-0.3, -0.25) is 0 Å². The summed E-state index contributed by atoms with van der Waals surface area (Å²) >= 11 is 7.39. The average molecular weight is 414 g/mol. The lowest BCUT2D eigenvalue weighted by Gasteiger charge is -2.08. The summed E-state index contributed by atoms with van der Waals surface area (Å²) in [5, 5.41) is 11.6. The molecule has 2 aromatic heterocycles. The SMILES string of the molecule is COc1ccc(-c2csc(-c3nnn(-c4ccc(Cl)cc4)c3N)n2)cc1OC. The molecule has 9 heteroatoms. The summed E-state index contributed by atoms with van der Waals surface area (Å²) in [7, 11) is 3.20. The van der Waals surface area contributed by atoms with Crippen molar-refractivity contribution in [1.29, 1.82) is 0 Å². The Balaban J connectivity index is 1.68. The van der Waals surface area contributed by atoms with Crippen molar-refractivity contribution in [1.82, 2.24) is 20.0 Å². The smallest absolute Gasteiger partial charge is 0.165 e. The number of nitrogen functional groups attached to an aromatic ring is 1. The minimum absolute atomic E-state index is 0.413. The molecule has 28 heavy (non-hydrogen) atoms. The summed E-state index contributed by atoms with van der Waals surface area (Å²) < 4.78 is 12.2. The molecule has 0 aliphatic carbocycles. The van der Waals surface area contributed by atoms with Gasteiger partial charge in [-0.15, -0.1) is 16.4 Å². The van der Waals surface area contributed by atoms with Crippen molar-refractivity contribution in [2.45, 2.75) is 0 Å². The van der Waals surface area contributed by atoms with Crippen molar-refractivity contribution in [2.24, 2.45) is 0 Å². The highest BCUT2D eigenvalue weighted by Crippen LogP contribution is 2.35. The number of thiazole rings is 1. The summed E-state index contributed by atoms with van der Waals surface area (Å²) in [6.07, 6.45) is 0. The Morgan fingerprint density at radius 2 is 1.79 bits per heavy atom. The van der Waals surface area contributed by atoms with Gasteiger partial charge in [0.25, 0.3) is 0 Å². The molecule has 0 amide bonds. The van der Waals surface area contributed by atoms with Crippen LogP contribution >= 0.6 is 22.9 Å². The van der Waals surface area contributed by atoms with Crippen LogP contribution in [-0.4, -0.2) is 34.2 Å². The predicted octanol–water partition coefficient (Wildman–Crippen LogP) is 4.31. The molecule has 0 saturated carbocycles. The molecule has 0 bridgehead atoms. The molecule has 0 unspecified atom stereocenters. The molecule has 0 fully saturated rings. The minimum atomic E-state index is 0.413. The Bertz CT molecular complexity index is 1120. The Morgan fingerprint density at radius 1 is 1.04 bits per heavy atom. The number of hydrogen-bond donors (Lipinski definition) is 1. The van der Waals surface area contributed by atoms with Crippen LogP contribution in [0, 0.1) is 0 Å². The number of methoxy groups -OCH3 is 2. The van der Waals surface area contributed by atoms with E-state index in [4.69, 9.17) is 26.8 Å². The van der Waals surface area contributed by atoms with Crippen molar-refractivity contribution < 1.29 is 9.47 Å². The van der Waals surface area contributed by atoms with E-state index in [1.54, 1.807) is 31.0 Å². The summed E-state index contributed by atoms with van der Waals surface area (Å²) in [5.74, 6) is 1.72. The first-order chi connectivity index (χ1) is 13.6. The second-order valence-corrected chi connectivity index (χ2v) is 7.11. The Kier molecular flexibility index (Phi) is 4.89. The Morgan fingerprint density at radius 3 is 2.50 bits per heavy atom. The van der Waals surface area contributed by atoms with Crippen LogP contribution in [-0.2, 0) is 0 Å². The molecule has 0 aliphatic heterocycles. The maximum Gasteiger partial charge on any atom is 0.165 e. The highest BCUT2D eigenvalue weighted by atomic mass is 35.5. The largest absolute Gasteiger partial charge is 0.493 e. The Hall–Kier alpha value is -3.10. The maximum absolute atomic E-state index is 6.27. The van der Waals surface area contributed by atoms with Crippen molar-refractivity contribution in [2.75, 3.05) is 20.0 Å². The third kappa shape index (κ3) is 3.28. The zero-order valence-electron chi connectivity index (χ0n) is 15.1. The second kappa shape index (κ2) is 7.49. The molecule has 142 valence electrons. The normalized spacial score (nSPS) is 10.8. The van der Waals surface area contributed by atoms with Crippen LogP contribution in [0.3, 0.4) is 0 Å². The Labute approximate surface area is 170 Å². The summed E-state index contributed by atoms with van der Waals surface area (Å²) in [6, 6.07) is 12.9. The molecule has 0 saturated heterocycles. The van der Waals surface area contributed by atoms with Gasteiger partial charge in [-0.05, 0) is 42.5 Å². The summed E-state index contributed by atoms with van der Waals surface area (Å²) in [4.78, 5) is 4.67. The average Bonchev–Trinajstić information content (AvgIpc) is 3.35. The van der Waals surface area contributed by atoms with Gasteiger partial charge >= 0.3 is 0 Å². The van der Waals surface area contributed by atoms with E-state index in [1.807, 2.05) is 35.7 Å².